The topological polar surface area (TPSA) is 129 Å². The van der Waals surface area contributed by atoms with Crippen LogP contribution < -0.4 is 10.2 Å². The molecule has 3 N–H and O–H groups in total. The van der Waals surface area contributed by atoms with E-state index in [4.69, 9.17) is 4.52 Å². The smallest absolute Gasteiger partial charge is 0.301 e. The summed E-state index contributed by atoms with van der Waals surface area (Å²) < 4.78 is 5.11. The van der Waals surface area contributed by atoms with E-state index in [1.807, 2.05) is 5.38 Å². The van der Waals surface area contributed by atoms with Gasteiger partial charge in [0.25, 0.3) is 11.7 Å². The van der Waals surface area contributed by atoms with Crippen molar-refractivity contribution in [1.82, 2.24) is 15.5 Å². The second-order valence-corrected chi connectivity index (χ2v) is 8.16. The summed E-state index contributed by atoms with van der Waals surface area (Å²) in [5, 5.41) is 19.5. The zero-order valence-corrected chi connectivity index (χ0v) is 18.1. The predicted octanol–water partition coefficient (Wildman–Crippen LogP) is 2.98. The molecule has 0 bridgehead atoms. The van der Waals surface area contributed by atoms with Crippen molar-refractivity contribution in [2.75, 3.05) is 11.9 Å². The van der Waals surface area contributed by atoms with Crippen molar-refractivity contribution in [2.45, 2.75) is 26.8 Å². The number of aryl methyl sites for hydroxylation is 2. The number of anilines is 1. The normalized spacial score (nSPS) is 18.1. The minimum Gasteiger partial charge on any atom is -0.507 e. The molecule has 1 saturated heterocycles. The van der Waals surface area contributed by atoms with Crippen LogP contribution in [0, 0.1) is 20.8 Å². The van der Waals surface area contributed by atoms with E-state index in [1.54, 1.807) is 39.0 Å². The minimum absolute atomic E-state index is 0.0678. The Morgan fingerprint density at radius 3 is 2.65 bits per heavy atom. The van der Waals surface area contributed by atoms with Crippen molar-refractivity contribution in [2.24, 2.45) is 0 Å². The van der Waals surface area contributed by atoms with E-state index in [2.05, 4.69) is 15.5 Å². The summed E-state index contributed by atoms with van der Waals surface area (Å²) in [5.41, 5.74) is 1.50. The fraction of sp³-hybridized carbons (Fsp3) is 0.238. The molecule has 1 fully saturated rings. The lowest BCUT2D eigenvalue weighted by Gasteiger charge is -2.21. The van der Waals surface area contributed by atoms with Crippen LogP contribution in [0.1, 0.15) is 44.0 Å². The third-order valence-corrected chi connectivity index (χ3v) is 6.17. The van der Waals surface area contributed by atoms with Gasteiger partial charge in [0.05, 0.1) is 5.57 Å². The van der Waals surface area contributed by atoms with Crippen LogP contribution in [-0.2, 0) is 9.59 Å². The number of Topliss-reactive ketones (excluding diaryl/α,β-unsaturated/α-hetero) is 1. The molecule has 9 nitrogen and oxygen atoms in total. The van der Waals surface area contributed by atoms with Gasteiger partial charge in [0.2, 0.25) is 0 Å². The number of carbonyl (C=O) groups is 3. The predicted molar refractivity (Wildman–Crippen MR) is 114 cm³/mol. The number of hydrogen-bond donors (Lipinski definition) is 3. The highest BCUT2D eigenvalue weighted by Crippen LogP contribution is 2.44. The molecule has 3 aromatic rings. The highest BCUT2D eigenvalue weighted by atomic mass is 32.1. The maximum Gasteiger partial charge on any atom is 0.301 e. The minimum atomic E-state index is -0.873. The highest BCUT2D eigenvalue weighted by molar-refractivity contribution is 7.10. The quantitative estimate of drug-likeness (QED) is 0.325. The first-order chi connectivity index (χ1) is 14.8. The summed E-state index contributed by atoms with van der Waals surface area (Å²) in [4.78, 5) is 43.1. The lowest BCUT2D eigenvalue weighted by atomic mass is 9.97. The molecule has 0 spiro atoms. The number of aromatic amines is 1. The van der Waals surface area contributed by atoms with E-state index in [-0.39, 0.29) is 28.8 Å². The molecule has 0 radical (unpaired) electrons. The summed E-state index contributed by atoms with van der Waals surface area (Å²) in [6, 6.07) is 4.26. The molecule has 160 valence electrons. The largest absolute Gasteiger partial charge is 0.507 e. The molecule has 1 unspecified atom stereocenters. The molecule has 3 aromatic heterocycles. The molecule has 0 aliphatic carbocycles. The van der Waals surface area contributed by atoms with Crippen molar-refractivity contribution in [3.8, 4) is 0 Å². The first-order valence-electron chi connectivity index (χ1n) is 9.45. The summed E-state index contributed by atoms with van der Waals surface area (Å²) in [6.07, 6.45) is 0. The summed E-state index contributed by atoms with van der Waals surface area (Å²) in [7, 11) is 1.50. The zero-order valence-electron chi connectivity index (χ0n) is 17.3. The van der Waals surface area contributed by atoms with Gasteiger partial charge in [-0.15, -0.1) is 11.3 Å². The van der Waals surface area contributed by atoms with Crippen LogP contribution in [0.5, 0.6) is 0 Å². The number of amides is 2. The number of aromatic nitrogens is 2. The molecule has 1 aliphatic heterocycles. The first-order valence-corrected chi connectivity index (χ1v) is 10.3. The lowest BCUT2D eigenvalue weighted by molar-refractivity contribution is -0.132. The zero-order chi connectivity index (χ0) is 22.4. The van der Waals surface area contributed by atoms with Crippen molar-refractivity contribution >= 4 is 40.5 Å². The van der Waals surface area contributed by atoms with Gasteiger partial charge in [-0.2, -0.15) is 0 Å². The van der Waals surface area contributed by atoms with Gasteiger partial charge in [0.1, 0.15) is 23.3 Å². The SMILES string of the molecule is CNC(=O)c1[nH]c(C)c(/C(O)=C2\C(=O)C(=O)N(c3cc(C)on3)C2c2cccs2)c1C. The number of thiophene rings is 1. The van der Waals surface area contributed by atoms with Crippen LogP contribution in [-0.4, -0.2) is 39.9 Å². The number of H-pyrrole nitrogens is 1. The van der Waals surface area contributed by atoms with E-state index in [0.717, 1.165) is 0 Å². The Balaban J connectivity index is 1.95. The van der Waals surface area contributed by atoms with E-state index in [0.29, 0.717) is 27.5 Å². The Bertz CT molecular complexity index is 1230. The molecule has 10 heteroatoms. The van der Waals surface area contributed by atoms with Crippen LogP contribution in [0.2, 0.25) is 0 Å². The second kappa shape index (κ2) is 7.55. The average molecular weight is 440 g/mol. The van der Waals surface area contributed by atoms with Crippen LogP contribution in [0.25, 0.3) is 5.76 Å². The van der Waals surface area contributed by atoms with E-state index >= 15 is 0 Å². The Morgan fingerprint density at radius 1 is 1.32 bits per heavy atom. The third kappa shape index (κ3) is 3.15. The van der Waals surface area contributed by atoms with Gasteiger partial charge in [-0.1, -0.05) is 11.2 Å². The van der Waals surface area contributed by atoms with Crippen LogP contribution in [0.15, 0.2) is 33.7 Å². The van der Waals surface area contributed by atoms with Gasteiger partial charge in [-0.05, 0) is 37.8 Å². The number of hydrogen-bond acceptors (Lipinski definition) is 7. The van der Waals surface area contributed by atoms with Crippen LogP contribution in [0.4, 0.5) is 5.82 Å². The number of nitrogens with zero attached hydrogens (tertiary/aromatic N) is 2. The van der Waals surface area contributed by atoms with Gasteiger partial charge < -0.3 is 19.9 Å². The van der Waals surface area contributed by atoms with Crippen LogP contribution in [0.3, 0.4) is 0 Å². The molecule has 4 heterocycles. The Hall–Kier alpha value is -3.66. The maximum absolute atomic E-state index is 13.1. The van der Waals surface area contributed by atoms with E-state index < -0.39 is 17.7 Å². The summed E-state index contributed by atoms with van der Waals surface area (Å²) in [5.74, 6) is -1.68. The molecule has 1 atom stereocenters. The monoisotopic (exact) mass is 440 g/mol. The molecular formula is C21H20N4O5S. The fourth-order valence-electron chi connectivity index (χ4n) is 3.84. The van der Waals surface area contributed by atoms with Crippen LogP contribution >= 0.6 is 11.3 Å². The third-order valence-electron chi connectivity index (χ3n) is 5.25. The van der Waals surface area contributed by atoms with Gasteiger partial charge in [-0.25, -0.2) is 0 Å². The van der Waals surface area contributed by atoms with Crippen molar-refractivity contribution in [3.63, 3.8) is 0 Å². The molecule has 4 rings (SSSR count). The number of carbonyl (C=O) groups excluding carboxylic acids is 3. The number of aliphatic hydroxyl groups is 1. The second-order valence-electron chi connectivity index (χ2n) is 7.18. The Morgan fingerprint density at radius 2 is 2.06 bits per heavy atom. The molecule has 31 heavy (non-hydrogen) atoms. The maximum atomic E-state index is 13.1. The van der Waals surface area contributed by atoms with Gasteiger partial charge in [0.15, 0.2) is 5.82 Å². The molecular weight excluding hydrogens is 420 g/mol. The van der Waals surface area contributed by atoms with E-state index in [9.17, 15) is 19.5 Å². The Labute approximate surface area is 181 Å². The van der Waals surface area contributed by atoms with Gasteiger partial charge in [0, 0.05) is 29.2 Å². The first kappa shape index (κ1) is 20.6. The van der Waals surface area contributed by atoms with Gasteiger partial charge >= 0.3 is 5.91 Å². The van der Waals surface area contributed by atoms with Crippen molar-refractivity contribution in [1.29, 1.82) is 0 Å². The summed E-state index contributed by atoms with van der Waals surface area (Å²) in [6.45, 7) is 5.03. The number of nitrogens with one attached hydrogen (secondary N) is 2. The molecule has 0 aromatic carbocycles. The molecule has 2 amide bonds. The lowest BCUT2D eigenvalue weighted by Crippen LogP contribution is -2.29. The molecule has 0 saturated carbocycles. The Kier molecular flexibility index (Phi) is 5.02. The highest BCUT2D eigenvalue weighted by Gasteiger charge is 2.49. The van der Waals surface area contributed by atoms with E-state index in [1.165, 1.54) is 23.3 Å². The standard InChI is InChI=1S/C21H20N4O5S/c1-9-8-13(24-30-9)25-17(12-6-5-7-31-12)15(19(27)21(25)29)18(26)14-10(2)16(20(28)22-4)23-11(14)3/h5-8,17,23,26H,1-4H3,(H,22,28)/b18-15+. The molecule has 1 aliphatic rings. The van der Waals surface area contributed by atoms with Gasteiger partial charge in [-0.3, -0.25) is 19.3 Å². The number of rotatable bonds is 4. The average Bonchev–Trinajstić information content (AvgIpc) is 3.50. The van der Waals surface area contributed by atoms with Crippen molar-refractivity contribution < 1.29 is 24.0 Å². The fourth-order valence-corrected chi connectivity index (χ4v) is 4.67. The summed E-state index contributed by atoms with van der Waals surface area (Å²) >= 11 is 1.35. The number of aliphatic hydroxyl groups excluding tert-OH is 1. The number of ketones is 1. The van der Waals surface area contributed by atoms with Crippen molar-refractivity contribution in [3.05, 3.63) is 62.3 Å².